The van der Waals surface area contributed by atoms with Gasteiger partial charge in [-0.15, -0.1) is 10.2 Å². The molecule has 112 valence electrons. The number of carbonyl (C=O) groups is 1. The Morgan fingerprint density at radius 1 is 1.52 bits per heavy atom. The van der Waals surface area contributed by atoms with Crippen LogP contribution >= 0.6 is 11.6 Å². The minimum atomic E-state index is -0.266. The fourth-order valence-corrected chi connectivity index (χ4v) is 2.12. The lowest BCUT2D eigenvalue weighted by molar-refractivity contribution is 0.0937. The van der Waals surface area contributed by atoms with Gasteiger partial charge in [0.05, 0.1) is 16.6 Å². The number of hydrogen-bond donors (Lipinski definition) is 2. The van der Waals surface area contributed by atoms with Crippen molar-refractivity contribution in [2.45, 2.75) is 19.9 Å². The van der Waals surface area contributed by atoms with Crippen molar-refractivity contribution in [1.29, 1.82) is 0 Å². The van der Waals surface area contributed by atoms with Crippen LogP contribution in [0, 0.1) is 0 Å². The van der Waals surface area contributed by atoms with Crippen molar-refractivity contribution in [2.24, 2.45) is 7.05 Å². The Bertz CT molecular complexity index is 641. The number of nitrogens with one attached hydrogen (secondary N) is 2. The van der Waals surface area contributed by atoms with E-state index in [0.717, 1.165) is 0 Å². The third kappa shape index (κ3) is 3.49. The Hall–Kier alpha value is -2.15. The van der Waals surface area contributed by atoms with Crippen LogP contribution in [0.25, 0.3) is 0 Å². The molecule has 8 heteroatoms. The molecule has 1 unspecified atom stereocenters. The molecule has 21 heavy (non-hydrogen) atoms. The monoisotopic (exact) mass is 308 g/mol. The SMILES string of the molecule is CCNc1ncc(C(=O)NC(C)c2nncn2C)cc1Cl. The number of aryl methyl sites for hydroxylation is 1. The number of aromatic nitrogens is 4. The lowest BCUT2D eigenvalue weighted by atomic mass is 10.2. The van der Waals surface area contributed by atoms with Crippen LogP contribution in [0.15, 0.2) is 18.6 Å². The van der Waals surface area contributed by atoms with Crippen LogP contribution in [0.5, 0.6) is 0 Å². The van der Waals surface area contributed by atoms with Gasteiger partial charge < -0.3 is 15.2 Å². The summed E-state index contributed by atoms with van der Waals surface area (Å²) in [6.07, 6.45) is 3.07. The van der Waals surface area contributed by atoms with Crippen molar-refractivity contribution in [2.75, 3.05) is 11.9 Å². The van der Waals surface area contributed by atoms with E-state index in [1.807, 2.05) is 20.9 Å². The van der Waals surface area contributed by atoms with Crippen molar-refractivity contribution in [3.05, 3.63) is 35.0 Å². The Morgan fingerprint density at radius 3 is 2.86 bits per heavy atom. The van der Waals surface area contributed by atoms with Crippen LogP contribution in [-0.4, -0.2) is 32.2 Å². The molecule has 0 aliphatic heterocycles. The Kier molecular flexibility index (Phi) is 4.74. The first-order valence-electron chi connectivity index (χ1n) is 6.57. The number of pyridine rings is 1. The number of hydrogen-bond acceptors (Lipinski definition) is 5. The molecule has 0 radical (unpaired) electrons. The molecule has 0 fully saturated rings. The van der Waals surface area contributed by atoms with E-state index in [9.17, 15) is 4.79 Å². The zero-order chi connectivity index (χ0) is 15.4. The maximum Gasteiger partial charge on any atom is 0.253 e. The summed E-state index contributed by atoms with van der Waals surface area (Å²) in [4.78, 5) is 16.3. The molecule has 7 nitrogen and oxygen atoms in total. The van der Waals surface area contributed by atoms with E-state index in [0.29, 0.717) is 28.8 Å². The van der Waals surface area contributed by atoms with Crippen LogP contribution in [0.4, 0.5) is 5.82 Å². The number of carbonyl (C=O) groups excluding carboxylic acids is 1. The number of amides is 1. The molecule has 0 spiro atoms. The normalized spacial score (nSPS) is 12.0. The first-order valence-corrected chi connectivity index (χ1v) is 6.95. The van der Waals surface area contributed by atoms with Gasteiger partial charge in [0.25, 0.3) is 5.91 Å². The second kappa shape index (κ2) is 6.53. The first-order chi connectivity index (χ1) is 10.0. The highest BCUT2D eigenvalue weighted by Gasteiger charge is 2.16. The van der Waals surface area contributed by atoms with Gasteiger partial charge >= 0.3 is 0 Å². The van der Waals surface area contributed by atoms with Crippen molar-refractivity contribution < 1.29 is 4.79 Å². The summed E-state index contributed by atoms with van der Waals surface area (Å²) in [6.45, 7) is 4.49. The number of rotatable bonds is 5. The predicted octanol–water partition coefficient (Wildman–Crippen LogP) is 1.79. The van der Waals surface area contributed by atoms with E-state index >= 15 is 0 Å². The Labute approximate surface area is 127 Å². The Morgan fingerprint density at radius 2 is 2.29 bits per heavy atom. The largest absolute Gasteiger partial charge is 0.369 e. The zero-order valence-corrected chi connectivity index (χ0v) is 12.8. The van der Waals surface area contributed by atoms with E-state index in [4.69, 9.17) is 11.6 Å². The van der Waals surface area contributed by atoms with Gasteiger partial charge in [-0.2, -0.15) is 0 Å². The molecule has 2 aromatic heterocycles. The highest BCUT2D eigenvalue weighted by Crippen LogP contribution is 2.20. The van der Waals surface area contributed by atoms with E-state index in [1.54, 1.807) is 17.0 Å². The van der Waals surface area contributed by atoms with Crippen LogP contribution in [0.2, 0.25) is 5.02 Å². The number of anilines is 1. The fraction of sp³-hybridized carbons (Fsp3) is 0.385. The maximum absolute atomic E-state index is 12.2. The minimum absolute atomic E-state index is 0.261. The summed E-state index contributed by atoms with van der Waals surface area (Å²) in [7, 11) is 1.82. The highest BCUT2D eigenvalue weighted by atomic mass is 35.5. The number of nitrogens with zero attached hydrogens (tertiary/aromatic N) is 4. The summed E-state index contributed by atoms with van der Waals surface area (Å²) in [5, 5.41) is 14.0. The standard InChI is InChI=1S/C13H17ClN6O/c1-4-15-11-10(14)5-9(6-16-11)13(21)18-8(2)12-19-17-7-20(12)3/h5-8H,4H2,1-3H3,(H,15,16)(H,18,21). The summed E-state index contributed by atoms with van der Waals surface area (Å²) in [5.74, 6) is 0.978. The second-order valence-electron chi connectivity index (χ2n) is 4.58. The second-order valence-corrected chi connectivity index (χ2v) is 4.99. The van der Waals surface area contributed by atoms with Gasteiger partial charge in [-0.1, -0.05) is 11.6 Å². The van der Waals surface area contributed by atoms with E-state index in [2.05, 4.69) is 25.8 Å². The van der Waals surface area contributed by atoms with Crippen LogP contribution < -0.4 is 10.6 Å². The molecule has 0 saturated carbocycles. The molecule has 2 heterocycles. The van der Waals surface area contributed by atoms with Gasteiger partial charge in [-0.05, 0) is 19.9 Å². The van der Waals surface area contributed by atoms with Gasteiger partial charge in [-0.25, -0.2) is 4.98 Å². The van der Waals surface area contributed by atoms with Gasteiger partial charge in [0.15, 0.2) is 5.82 Å². The first kappa shape index (κ1) is 15.2. The van der Waals surface area contributed by atoms with Crippen LogP contribution in [-0.2, 0) is 7.05 Å². The lowest BCUT2D eigenvalue weighted by Gasteiger charge is -2.13. The predicted molar refractivity (Wildman–Crippen MR) is 80.3 cm³/mol. The van der Waals surface area contributed by atoms with Gasteiger partial charge in [-0.3, -0.25) is 4.79 Å². The molecule has 0 aliphatic carbocycles. The fourth-order valence-electron chi connectivity index (χ4n) is 1.89. The van der Waals surface area contributed by atoms with Gasteiger partial charge in [0.2, 0.25) is 0 Å². The van der Waals surface area contributed by atoms with E-state index in [1.165, 1.54) is 6.20 Å². The molecule has 2 rings (SSSR count). The molecule has 2 N–H and O–H groups in total. The average Bonchev–Trinajstić information content (AvgIpc) is 2.87. The van der Waals surface area contributed by atoms with E-state index in [-0.39, 0.29) is 11.9 Å². The lowest BCUT2D eigenvalue weighted by Crippen LogP contribution is -2.28. The van der Waals surface area contributed by atoms with Crippen molar-refractivity contribution in [3.63, 3.8) is 0 Å². The Balaban J connectivity index is 2.10. The third-order valence-electron chi connectivity index (χ3n) is 2.93. The van der Waals surface area contributed by atoms with Gasteiger partial charge in [0.1, 0.15) is 12.1 Å². The summed E-state index contributed by atoms with van der Waals surface area (Å²) >= 11 is 6.08. The molecule has 2 aromatic rings. The molecule has 0 aliphatic rings. The smallest absolute Gasteiger partial charge is 0.253 e. The molecule has 1 amide bonds. The van der Waals surface area contributed by atoms with E-state index < -0.39 is 0 Å². The van der Waals surface area contributed by atoms with Crippen molar-refractivity contribution in [1.82, 2.24) is 25.1 Å². The molecular weight excluding hydrogens is 292 g/mol. The summed E-state index contributed by atoms with van der Waals surface area (Å²) in [5.41, 5.74) is 0.399. The topological polar surface area (TPSA) is 84.7 Å². The molecule has 0 bridgehead atoms. The van der Waals surface area contributed by atoms with Crippen LogP contribution in [0.3, 0.4) is 0 Å². The van der Waals surface area contributed by atoms with Crippen LogP contribution in [0.1, 0.15) is 36.1 Å². The highest BCUT2D eigenvalue weighted by molar-refractivity contribution is 6.33. The quantitative estimate of drug-likeness (QED) is 0.879. The summed E-state index contributed by atoms with van der Waals surface area (Å²) < 4.78 is 1.75. The third-order valence-corrected chi connectivity index (χ3v) is 3.22. The maximum atomic E-state index is 12.2. The zero-order valence-electron chi connectivity index (χ0n) is 12.1. The molecule has 1 atom stereocenters. The average molecular weight is 309 g/mol. The van der Waals surface area contributed by atoms with Crippen molar-refractivity contribution >= 4 is 23.3 Å². The van der Waals surface area contributed by atoms with Gasteiger partial charge in [0, 0.05) is 19.8 Å². The van der Waals surface area contributed by atoms with Crippen molar-refractivity contribution in [3.8, 4) is 0 Å². The molecular formula is C13H17ClN6O. The molecule has 0 saturated heterocycles. The summed E-state index contributed by atoms with van der Waals surface area (Å²) in [6, 6.07) is 1.32. The number of halogens is 1. The minimum Gasteiger partial charge on any atom is -0.369 e. The molecule has 0 aromatic carbocycles.